The van der Waals surface area contributed by atoms with E-state index in [1.54, 1.807) is 20.8 Å². The molecule has 0 aliphatic rings. The summed E-state index contributed by atoms with van der Waals surface area (Å²) in [6.45, 7) is 7.96. The lowest BCUT2D eigenvalue weighted by Gasteiger charge is -2.19. The van der Waals surface area contributed by atoms with E-state index in [-0.39, 0.29) is 6.54 Å². The number of carbonyl (C=O) groups is 3. The van der Waals surface area contributed by atoms with Crippen molar-refractivity contribution >= 4 is 23.6 Å². The Morgan fingerprint density at radius 3 is 2.44 bits per heavy atom. The lowest BCUT2D eigenvalue weighted by molar-refractivity contribution is -0.145. The van der Waals surface area contributed by atoms with Crippen molar-refractivity contribution in [1.29, 1.82) is 0 Å². The number of hydrogen-bond donors (Lipinski definition) is 1. The number of esters is 1. The van der Waals surface area contributed by atoms with Crippen molar-refractivity contribution < 1.29 is 19.1 Å². The first kappa shape index (κ1) is 15.8. The van der Waals surface area contributed by atoms with E-state index in [1.165, 1.54) is 0 Å². The van der Waals surface area contributed by atoms with Gasteiger partial charge in [0, 0.05) is 18.3 Å². The van der Waals surface area contributed by atoms with Crippen molar-refractivity contribution in [2.24, 2.45) is 4.99 Å². The van der Waals surface area contributed by atoms with Crippen molar-refractivity contribution in [3.8, 4) is 0 Å². The Kier molecular flexibility index (Phi) is 7.02. The van der Waals surface area contributed by atoms with Gasteiger partial charge in [-0.15, -0.1) is 0 Å². The fraction of sp³-hybridized carbons (Fsp3) is 0.455. The molecule has 0 atom stereocenters. The van der Waals surface area contributed by atoms with E-state index in [0.717, 1.165) is 11.1 Å². The van der Waals surface area contributed by atoms with Crippen LogP contribution in [0.15, 0.2) is 17.6 Å². The molecule has 0 saturated carbocycles. The fourth-order valence-corrected chi connectivity index (χ4v) is 0.892. The second-order valence-corrected chi connectivity index (χ2v) is 3.43. The summed E-state index contributed by atoms with van der Waals surface area (Å²) in [7, 11) is 0. The van der Waals surface area contributed by atoms with Gasteiger partial charge in [0.15, 0.2) is 6.61 Å². The average Bonchev–Trinajstić information content (AvgIpc) is 2.31. The molecular formula is C11H17N3O4. The van der Waals surface area contributed by atoms with Gasteiger partial charge in [0.05, 0.1) is 0 Å². The second kappa shape index (κ2) is 7.99. The maximum Gasteiger partial charge on any atom is 0.362 e. The maximum atomic E-state index is 11.5. The predicted molar refractivity (Wildman–Crippen MR) is 65.9 cm³/mol. The number of ether oxygens (including phenoxy) is 1. The lowest BCUT2D eigenvalue weighted by Crippen LogP contribution is -2.46. The Labute approximate surface area is 105 Å². The molecule has 0 unspecified atom stereocenters. The van der Waals surface area contributed by atoms with Gasteiger partial charge in [0.25, 0.3) is 5.91 Å². The zero-order valence-corrected chi connectivity index (χ0v) is 10.7. The number of urea groups is 1. The minimum atomic E-state index is -0.707. The number of hydrogen-bond acceptors (Lipinski definition) is 4. The summed E-state index contributed by atoms with van der Waals surface area (Å²) >= 11 is 0. The van der Waals surface area contributed by atoms with Gasteiger partial charge >= 0.3 is 12.0 Å². The van der Waals surface area contributed by atoms with Gasteiger partial charge in [-0.25, -0.2) is 19.6 Å². The summed E-state index contributed by atoms with van der Waals surface area (Å²) < 4.78 is 4.52. The van der Waals surface area contributed by atoms with Crippen LogP contribution < -0.4 is 5.43 Å². The zero-order chi connectivity index (χ0) is 14.1. The van der Waals surface area contributed by atoms with Gasteiger partial charge in [-0.2, -0.15) is 0 Å². The molecule has 0 aromatic rings. The molecular weight excluding hydrogens is 238 g/mol. The summed E-state index contributed by atoms with van der Waals surface area (Å²) in [5.74, 6) is -1.33. The van der Waals surface area contributed by atoms with E-state index in [2.05, 4.69) is 21.7 Å². The first-order valence-corrected chi connectivity index (χ1v) is 5.32. The molecule has 0 aromatic carbocycles. The van der Waals surface area contributed by atoms with Crippen LogP contribution in [-0.4, -0.2) is 41.8 Å². The fourth-order valence-electron chi connectivity index (χ4n) is 0.892. The summed E-state index contributed by atoms with van der Waals surface area (Å²) in [5.41, 5.74) is 2.85. The third kappa shape index (κ3) is 6.41. The molecule has 0 spiro atoms. The molecule has 0 aromatic heterocycles. The van der Waals surface area contributed by atoms with Crippen LogP contribution in [0.3, 0.4) is 0 Å². The Bertz CT molecular complexity index is 372. The number of amides is 3. The highest BCUT2D eigenvalue weighted by atomic mass is 16.5. The molecule has 0 rings (SSSR count). The van der Waals surface area contributed by atoms with Crippen molar-refractivity contribution in [1.82, 2.24) is 10.4 Å². The first-order chi connectivity index (χ1) is 8.40. The Hall–Kier alpha value is -2.18. The minimum absolute atomic E-state index is 0.247. The average molecular weight is 255 g/mol. The highest BCUT2D eigenvalue weighted by molar-refractivity contribution is 5.93. The Balaban J connectivity index is 4.32. The lowest BCUT2D eigenvalue weighted by atomic mass is 10.5. The maximum absolute atomic E-state index is 11.5. The minimum Gasteiger partial charge on any atom is -0.452 e. The van der Waals surface area contributed by atoms with Crippen molar-refractivity contribution in [3.05, 3.63) is 12.7 Å². The Morgan fingerprint density at radius 2 is 2.00 bits per heavy atom. The second-order valence-electron chi connectivity index (χ2n) is 3.43. The van der Waals surface area contributed by atoms with E-state index in [1.807, 2.05) is 0 Å². The van der Waals surface area contributed by atoms with Crippen LogP contribution in [0.5, 0.6) is 0 Å². The molecule has 0 aliphatic heterocycles. The number of aliphatic imine (C=N–C) groups is 1. The highest BCUT2D eigenvalue weighted by Gasteiger charge is 2.14. The van der Waals surface area contributed by atoms with E-state index in [4.69, 9.17) is 0 Å². The van der Waals surface area contributed by atoms with Crippen LogP contribution in [0, 0.1) is 0 Å². The topological polar surface area (TPSA) is 88.1 Å². The molecule has 3 amide bonds. The van der Waals surface area contributed by atoms with Crippen LogP contribution in [0.4, 0.5) is 4.79 Å². The van der Waals surface area contributed by atoms with Gasteiger partial charge in [0.2, 0.25) is 0 Å². The molecule has 7 heteroatoms. The smallest absolute Gasteiger partial charge is 0.362 e. The molecule has 0 aliphatic carbocycles. The third-order valence-corrected chi connectivity index (χ3v) is 1.64. The standard InChI is InChI=1S/C11H17N3O4/c1-5-10(16)18-7-9(15)13-14(6-2)11(17)12-8(3)4/h5H,1,6-7H2,2-4H3,(H,13,15). The molecule has 100 valence electrons. The number of nitrogens with one attached hydrogen (secondary N) is 1. The highest BCUT2D eigenvalue weighted by Crippen LogP contribution is 1.91. The molecule has 7 nitrogen and oxygen atoms in total. The van der Waals surface area contributed by atoms with Gasteiger partial charge < -0.3 is 4.74 Å². The molecule has 0 heterocycles. The summed E-state index contributed by atoms with van der Waals surface area (Å²) in [6, 6.07) is -0.583. The van der Waals surface area contributed by atoms with Crippen LogP contribution >= 0.6 is 0 Å². The van der Waals surface area contributed by atoms with E-state index in [0.29, 0.717) is 5.71 Å². The first-order valence-electron chi connectivity index (χ1n) is 5.32. The number of rotatable bonds is 4. The number of nitrogens with zero attached hydrogens (tertiary/aromatic N) is 2. The van der Waals surface area contributed by atoms with Gasteiger partial charge in [-0.05, 0) is 20.8 Å². The summed E-state index contributed by atoms with van der Waals surface area (Å²) in [4.78, 5) is 37.3. The normalized spacial score (nSPS) is 9.06. The van der Waals surface area contributed by atoms with Gasteiger partial charge in [0.1, 0.15) is 0 Å². The number of carbonyl (C=O) groups excluding carboxylic acids is 3. The van der Waals surface area contributed by atoms with Crippen molar-refractivity contribution in [3.63, 3.8) is 0 Å². The molecule has 0 fully saturated rings. The Morgan fingerprint density at radius 1 is 1.39 bits per heavy atom. The summed E-state index contributed by atoms with van der Waals surface area (Å²) in [5, 5.41) is 1.02. The molecule has 1 N–H and O–H groups in total. The van der Waals surface area contributed by atoms with E-state index in [9.17, 15) is 14.4 Å². The SMILES string of the molecule is C=CC(=O)OCC(=O)NN(CC)C(=O)N=C(C)C. The van der Waals surface area contributed by atoms with Crippen LogP contribution in [0.1, 0.15) is 20.8 Å². The van der Waals surface area contributed by atoms with E-state index >= 15 is 0 Å². The van der Waals surface area contributed by atoms with Crippen molar-refractivity contribution in [2.45, 2.75) is 20.8 Å². The van der Waals surface area contributed by atoms with Crippen LogP contribution in [-0.2, 0) is 14.3 Å². The quantitative estimate of drug-likeness (QED) is 0.346. The van der Waals surface area contributed by atoms with Gasteiger partial charge in [-0.3, -0.25) is 10.2 Å². The molecule has 18 heavy (non-hydrogen) atoms. The monoisotopic (exact) mass is 255 g/mol. The summed E-state index contributed by atoms with van der Waals surface area (Å²) in [6.07, 6.45) is 0.945. The number of hydrazine groups is 1. The largest absolute Gasteiger partial charge is 0.452 e. The van der Waals surface area contributed by atoms with Crippen LogP contribution in [0.25, 0.3) is 0 Å². The van der Waals surface area contributed by atoms with Crippen molar-refractivity contribution in [2.75, 3.05) is 13.2 Å². The van der Waals surface area contributed by atoms with Crippen LogP contribution in [0.2, 0.25) is 0 Å². The zero-order valence-electron chi connectivity index (χ0n) is 10.7. The van der Waals surface area contributed by atoms with Gasteiger partial charge in [-0.1, -0.05) is 6.58 Å². The molecule has 0 radical (unpaired) electrons. The van der Waals surface area contributed by atoms with E-state index < -0.39 is 24.5 Å². The third-order valence-electron chi connectivity index (χ3n) is 1.64. The predicted octanol–water partition coefficient (Wildman–Crippen LogP) is 0.670. The molecule has 0 bridgehead atoms. The molecule has 0 saturated heterocycles.